The molecule has 1 aliphatic heterocycles. The van der Waals surface area contributed by atoms with Gasteiger partial charge in [0, 0.05) is 13.1 Å². The van der Waals surface area contributed by atoms with Crippen molar-refractivity contribution in [1.29, 1.82) is 0 Å². The molecule has 1 saturated heterocycles. The van der Waals surface area contributed by atoms with E-state index in [2.05, 4.69) is 0 Å². The van der Waals surface area contributed by atoms with Crippen molar-refractivity contribution < 1.29 is 26.0 Å². The first kappa shape index (κ1) is 20.8. The maximum Gasteiger partial charge on any atom is 0.416 e. The van der Waals surface area contributed by atoms with Gasteiger partial charge in [-0.25, -0.2) is 12.8 Å². The molecule has 1 heterocycles. The van der Waals surface area contributed by atoms with Crippen molar-refractivity contribution in [3.8, 4) is 0 Å². The molecule has 3 nitrogen and oxygen atoms in total. The zero-order valence-electron chi connectivity index (χ0n) is 15.3. The number of nitrogens with zero attached hydrogens (tertiary/aromatic N) is 1. The van der Waals surface area contributed by atoms with Crippen LogP contribution >= 0.6 is 0 Å². The van der Waals surface area contributed by atoms with E-state index in [-0.39, 0.29) is 10.8 Å². The van der Waals surface area contributed by atoms with Gasteiger partial charge in [0.15, 0.2) is 0 Å². The minimum atomic E-state index is -4.35. The second-order valence-corrected chi connectivity index (χ2v) is 9.06. The average molecular weight is 415 g/mol. The summed E-state index contributed by atoms with van der Waals surface area (Å²) in [6.07, 6.45) is -2.54. The summed E-state index contributed by atoms with van der Waals surface area (Å²) < 4.78 is 78.4. The molecule has 152 valence electrons. The van der Waals surface area contributed by atoms with Crippen LogP contribution in [0.15, 0.2) is 47.4 Å². The van der Waals surface area contributed by atoms with Crippen LogP contribution in [0.5, 0.6) is 0 Å². The van der Waals surface area contributed by atoms with Gasteiger partial charge in [-0.1, -0.05) is 18.2 Å². The summed E-state index contributed by atoms with van der Waals surface area (Å²) in [5.41, 5.74) is 0.617. The molecule has 1 fully saturated rings. The number of hydrogen-bond acceptors (Lipinski definition) is 2. The molecule has 2 aromatic rings. The predicted octanol–water partition coefficient (Wildman–Crippen LogP) is 4.80. The molecule has 8 heteroatoms. The maximum atomic E-state index is 13.5. The van der Waals surface area contributed by atoms with Crippen molar-refractivity contribution >= 4 is 10.0 Å². The van der Waals surface area contributed by atoms with E-state index in [4.69, 9.17) is 0 Å². The Hall–Kier alpha value is -1.93. The molecule has 28 heavy (non-hydrogen) atoms. The molecule has 0 unspecified atom stereocenters. The Balaban J connectivity index is 1.63. The van der Waals surface area contributed by atoms with Crippen molar-refractivity contribution in [2.75, 3.05) is 13.1 Å². The second kappa shape index (κ2) is 7.83. The number of piperidine rings is 1. The number of rotatable bonds is 4. The summed E-state index contributed by atoms with van der Waals surface area (Å²) >= 11 is 0. The summed E-state index contributed by atoms with van der Waals surface area (Å²) in [5.74, 6) is -0.404. The molecule has 2 aromatic carbocycles. The van der Waals surface area contributed by atoms with E-state index in [0.717, 1.165) is 23.8 Å². The van der Waals surface area contributed by atoms with Crippen molar-refractivity contribution in [2.24, 2.45) is 5.92 Å². The lowest BCUT2D eigenvalue weighted by molar-refractivity contribution is -0.137. The standard InChI is InChI=1S/C20H21F4NO2S/c1-14-2-7-18(21)13-19(14)28(26,27)25-10-8-16(9-11-25)12-15-3-5-17(6-4-15)20(22,23)24/h2-7,13,16H,8-12H2,1H3. The van der Waals surface area contributed by atoms with Gasteiger partial charge >= 0.3 is 6.18 Å². The Bertz CT molecular complexity index is 932. The van der Waals surface area contributed by atoms with E-state index in [1.165, 1.54) is 28.6 Å². The lowest BCUT2D eigenvalue weighted by Crippen LogP contribution is -2.39. The second-order valence-electron chi connectivity index (χ2n) is 7.16. The van der Waals surface area contributed by atoms with Crippen LogP contribution < -0.4 is 0 Å². The molecule has 0 aliphatic carbocycles. The van der Waals surface area contributed by atoms with Crippen LogP contribution in [0.3, 0.4) is 0 Å². The minimum absolute atomic E-state index is 0.0197. The number of aryl methyl sites for hydroxylation is 1. The van der Waals surface area contributed by atoms with Gasteiger partial charge in [-0.2, -0.15) is 17.5 Å². The first-order valence-corrected chi connectivity index (χ1v) is 10.4. The van der Waals surface area contributed by atoms with Crippen LogP contribution in [0.2, 0.25) is 0 Å². The van der Waals surface area contributed by atoms with Crippen molar-refractivity contribution in [3.63, 3.8) is 0 Å². The number of hydrogen-bond donors (Lipinski definition) is 0. The Morgan fingerprint density at radius 3 is 2.21 bits per heavy atom. The normalized spacial score (nSPS) is 17.0. The van der Waals surface area contributed by atoms with Crippen LogP contribution in [0.1, 0.15) is 29.5 Å². The zero-order valence-corrected chi connectivity index (χ0v) is 16.2. The third-order valence-electron chi connectivity index (χ3n) is 5.15. The lowest BCUT2D eigenvalue weighted by Gasteiger charge is -2.31. The SMILES string of the molecule is Cc1ccc(F)cc1S(=O)(=O)N1CCC(Cc2ccc(C(F)(F)F)cc2)CC1. The molecule has 0 aromatic heterocycles. The maximum absolute atomic E-state index is 13.5. The van der Waals surface area contributed by atoms with Crippen LogP contribution in [0.25, 0.3) is 0 Å². The molecule has 0 bridgehead atoms. The Kier molecular flexibility index (Phi) is 5.82. The molecule has 0 radical (unpaired) electrons. The molecule has 0 atom stereocenters. The van der Waals surface area contributed by atoms with E-state index < -0.39 is 27.6 Å². The van der Waals surface area contributed by atoms with Crippen molar-refractivity contribution in [1.82, 2.24) is 4.31 Å². The Labute approximate surface area is 162 Å². The van der Waals surface area contributed by atoms with Gasteiger partial charge in [0.05, 0.1) is 10.5 Å². The molecule has 0 amide bonds. The van der Waals surface area contributed by atoms with Gasteiger partial charge in [0.1, 0.15) is 5.82 Å². The van der Waals surface area contributed by atoms with Gasteiger partial charge in [-0.3, -0.25) is 0 Å². The van der Waals surface area contributed by atoms with Crippen LogP contribution in [-0.2, 0) is 22.6 Å². The number of alkyl halides is 3. The fourth-order valence-electron chi connectivity index (χ4n) is 3.51. The smallest absolute Gasteiger partial charge is 0.207 e. The summed E-state index contributed by atoms with van der Waals surface area (Å²) in [6.45, 7) is 2.25. The first-order valence-electron chi connectivity index (χ1n) is 9.00. The van der Waals surface area contributed by atoms with E-state index >= 15 is 0 Å². The highest BCUT2D eigenvalue weighted by atomic mass is 32.2. The monoisotopic (exact) mass is 415 g/mol. The third-order valence-corrected chi connectivity index (χ3v) is 7.19. The molecule has 0 spiro atoms. The molecular formula is C20H21F4NO2S. The predicted molar refractivity (Wildman–Crippen MR) is 97.8 cm³/mol. The van der Waals surface area contributed by atoms with Gasteiger partial charge in [-0.05, 0) is 67.5 Å². The first-order chi connectivity index (χ1) is 13.1. The average Bonchev–Trinajstić information content (AvgIpc) is 2.64. The van der Waals surface area contributed by atoms with E-state index in [9.17, 15) is 26.0 Å². The van der Waals surface area contributed by atoms with Crippen LogP contribution in [-0.4, -0.2) is 25.8 Å². The van der Waals surface area contributed by atoms with Gasteiger partial charge in [0.25, 0.3) is 0 Å². The highest BCUT2D eigenvalue weighted by molar-refractivity contribution is 7.89. The molecule has 0 N–H and O–H groups in total. The van der Waals surface area contributed by atoms with Crippen molar-refractivity contribution in [3.05, 3.63) is 65.0 Å². The highest BCUT2D eigenvalue weighted by Crippen LogP contribution is 2.31. The molecular weight excluding hydrogens is 394 g/mol. The van der Waals surface area contributed by atoms with E-state index in [0.29, 0.717) is 37.9 Å². The van der Waals surface area contributed by atoms with Crippen molar-refractivity contribution in [2.45, 2.75) is 37.3 Å². The summed E-state index contributed by atoms with van der Waals surface area (Å²) in [7, 11) is -3.77. The van der Waals surface area contributed by atoms with E-state index in [1.807, 2.05) is 0 Å². The molecule has 3 rings (SSSR count). The van der Waals surface area contributed by atoms with Gasteiger partial charge < -0.3 is 0 Å². The van der Waals surface area contributed by atoms with Gasteiger partial charge in [0.2, 0.25) is 10.0 Å². The van der Waals surface area contributed by atoms with E-state index in [1.54, 1.807) is 6.92 Å². The zero-order chi connectivity index (χ0) is 20.5. The number of sulfonamides is 1. The minimum Gasteiger partial charge on any atom is -0.207 e. The summed E-state index contributed by atoms with van der Waals surface area (Å²) in [6, 6.07) is 8.80. The molecule has 0 saturated carbocycles. The third kappa shape index (κ3) is 4.55. The summed E-state index contributed by atoms with van der Waals surface area (Å²) in [5, 5.41) is 0. The summed E-state index contributed by atoms with van der Waals surface area (Å²) in [4.78, 5) is -0.0197. The highest BCUT2D eigenvalue weighted by Gasteiger charge is 2.32. The molecule has 1 aliphatic rings. The fraction of sp³-hybridized carbons (Fsp3) is 0.400. The van der Waals surface area contributed by atoms with Crippen LogP contribution in [0.4, 0.5) is 17.6 Å². The lowest BCUT2D eigenvalue weighted by atomic mass is 9.91. The van der Waals surface area contributed by atoms with Gasteiger partial charge in [-0.15, -0.1) is 0 Å². The quantitative estimate of drug-likeness (QED) is 0.673. The Morgan fingerprint density at radius 2 is 1.64 bits per heavy atom. The largest absolute Gasteiger partial charge is 0.416 e. The Morgan fingerprint density at radius 1 is 1.04 bits per heavy atom. The van der Waals surface area contributed by atoms with Crippen LogP contribution in [0, 0.1) is 18.7 Å². The topological polar surface area (TPSA) is 37.4 Å². The number of benzene rings is 2. The fourth-order valence-corrected chi connectivity index (χ4v) is 5.21. The number of halogens is 4.